The summed E-state index contributed by atoms with van der Waals surface area (Å²) < 4.78 is 0. The van der Waals surface area contributed by atoms with E-state index in [1.807, 2.05) is 19.0 Å². The van der Waals surface area contributed by atoms with Crippen molar-refractivity contribution in [2.75, 3.05) is 25.5 Å². The second-order valence-electron chi connectivity index (χ2n) is 5.49. The average molecular weight is 331 g/mol. The Morgan fingerprint density at radius 3 is 2.70 bits per heavy atom. The van der Waals surface area contributed by atoms with Gasteiger partial charge in [-0.05, 0) is 25.0 Å². The number of anilines is 1. The van der Waals surface area contributed by atoms with Gasteiger partial charge in [0.1, 0.15) is 0 Å². The SMILES string of the molecule is CCNC(=NCc1ccccc1C)NCc1csc(N(C)C)n1. The number of aromatic nitrogens is 1. The Bertz CT molecular complexity index is 648. The van der Waals surface area contributed by atoms with Crippen LogP contribution in [0, 0.1) is 6.92 Å². The molecule has 0 unspecified atom stereocenters. The van der Waals surface area contributed by atoms with Crippen LogP contribution in [0.5, 0.6) is 0 Å². The van der Waals surface area contributed by atoms with Gasteiger partial charge in [-0.1, -0.05) is 24.3 Å². The van der Waals surface area contributed by atoms with Gasteiger partial charge in [0.2, 0.25) is 0 Å². The van der Waals surface area contributed by atoms with E-state index < -0.39 is 0 Å². The molecule has 2 rings (SSSR count). The number of thiazole rings is 1. The van der Waals surface area contributed by atoms with E-state index in [1.54, 1.807) is 11.3 Å². The molecule has 1 heterocycles. The summed E-state index contributed by atoms with van der Waals surface area (Å²) in [6.45, 7) is 6.35. The average Bonchev–Trinajstić information content (AvgIpc) is 3.00. The Labute approximate surface area is 142 Å². The Balaban J connectivity index is 1.97. The van der Waals surface area contributed by atoms with E-state index in [0.717, 1.165) is 23.3 Å². The Kier molecular flexibility index (Phi) is 6.40. The molecule has 0 spiro atoms. The second kappa shape index (κ2) is 8.53. The first kappa shape index (κ1) is 17.3. The third-order valence-electron chi connectivity index (χ3n) is 3.37. The fourth-order valence-electron chi connectivity index (χ4n) is 2.05. The number of benzene rings is 1. The minimum absolute atomic E-state index is 0.669. The lowest BCUT2D eigenvalue weighted by Crippen LogP contribution is -2.36. The van der Waals surface area contributed by atoms with E-state index in [0.29, 0.717) is 13.1 Å². The number of nitrogens with zero attached hydrogens (tertiary/aromatic N) is 3. The lowest BCUT2D eigenvalue weighted by Gasteiger charge is -2.11. The Morgan fingerprint density at radius 2 is 2.04 bits per heavy atom. The van der Waals surface area contributed by atoms with Crippen molar-refractivity contribution in [2.24, 2.45) is 4.99 Å². The molecule has 5 nitrogen and oxygen atoms in total. The minimum atomic E-state index is 0.669. The largest absolute Gasteiger partial charge is 0.357 e. The van der Waals surface area contributed by atoms with Crippen LogP contribution < -0.4 is 15.5 Å². The molecular formula is C17H25N5S. The van der Waals surface area contributed by atoms with E-state index in [2.05, 4.69) is 64.1 Å². The fourth-order valence-corrected chi connectivity index (χ4v) is 2.81. The van der Waals surface area contributed by atoms with E-state index in [9.17, 15) is 0 Å². The number of guanidine groups is 1. The molecule has 124 valence electrons. The molecule has 0 fully saturated rings. The van der Waals surface area contributed by atoms with Crippen molar-refractivity contribution in [3.8, 4) is 0 Å². The molecule has 1 aromatic heterocycles. The highest BCUT2D eigenvalue weighted by Crippen LogP contribution is 2.17. The molecular weight excluding hydrogens is 306 g/mol. The van der Waals surface area contributed by atoms with Crippen LogP contribution in [0.3, 0.4) is 0 Å². The molecule has 0 aliphatic rings. The van der Waals surface area contributed by atoms with Crippen LogP contribution in [0.2, 0.25) is 0 Å². The van der Waals surface area contributed by atoms with Gasteiger partial charge in [-0.2, -0.15) is 0 Å². The zero-order valence-electron chi connectivity index (χ0n) is 14.3. The zero-order valence-corrected chi connectivity index (χ0v) is 15.1. The highest BCUT2D eigenvalue weighted by Gasteiger charge is 2.05. The fraction of sp³-hybridized carbons (Fsp3) is 0.412. The number of hydrogen-bond acceptors (Lipinski definition) is 4. The first-order chi connectivity index (χ1) is 11.1. The molecule has 2 aromatic rings. The van der Waals surface area contributed by atoms with Gasteiger partial charge in [-0.3, -0.25) is 0 Å². The molecule has 0 aliphatic carbocycles. The number of nitrogens with one attached hydrogen (secondary N) is 2. The van der Waals surface area contributed by atoms with Crippen LogP contribution in [-0.4, -0.2) is 31.6 Å². The smallest absolute Gasteiger partial charge is 0.191 e. The van der Waals surface area contributed by atoms with Crippen molar-refractivity contribution < 1.29 is 0 Å². The monoisotopic (exact) mass is 331 g/mol. The van der Waals surface area contributed by atoms with Crippen LogP contribution in [0.1, 0.15) is 23.7 Å². The summed E-state index contributed by atoms with van der Waals surface area (Å²) in [5.41, 5.74) is 3.54. The number of aliphatic imine (C=N–C) groups is 1. The Hall–Kier alpha value is -2.08. The first-order valence-corrected chi connectivity index (χ1v) is 8.66. The molecule has 0 aliphatic heterocycles. The van der Waals surface area contributed by atoms with E-state index in [-0.39, 0.29) is 0 Å². The van der Waals surface area contributed by atoms with Gasteiger partial charge in [0, 0.05) is 26.0 Å². The minimum Gasteiger partial charge on any atom is -0.357 e. The van der Waals surface area contributed by atoms with Gasteiger partial charge in [0.15, 0.2) is 11.1 Å². The second-order valence-corrected chi connectivity index (χ2v) is 6.33. The van der Waals surface area contributed by atoms with Gasteiger partial charge < -0.3 is 15.5 Å². The molecule has 0 saturated heterocycles. The van der Waals surface area contributed by atoms with Crippen LogP contribution in [0.25, 0.3) is 0 Å². The predicted molar refractivity (Wildman–Crippen MR) is 99.3 cm³/mol. The predicted octanol–water partition coefficient (Wildman–Crippen LogP) is 2.77. The van der Waals surface area contributed by atoms with Crippen molar-refractivity contribution in [3.63, 3.8) is 0 Å². The zero-order chi connectivity index (χ0) is 16.7. The third-order valence-corrected chi connectivity index (χ3v) is 4.43. The standard InChI is InChI=1S/C17H25N5S/c1-5-18-16(19-10-14-9-7-6-8-13(14)2)20-11-15-12-23-17(21-15)22(3)4/h6-9,12H,5,10-11H2,1-4H3,(H2,18,19,20). The van der Waals surface area contributed by atoms with E-state index in [1.165, 1.54) is 11.1 Å². The highest BCUT2D eigenvalue weighted by atomic mass is 32.1. The van der Waals surface area contributed by atoms with E-state index >= 15 is 0 Å². The summed E-state index contributed by atoms with van der Waals surface area (Å²) in [5, 5.41) is 9.71. The van der Waals surface area contributed by atoms with Crippen LogP contribution in [0.4, 0.5) is 5.13 Å². The molecule has 23 heavy (non-hydrogen) atoms. The Morgan fingerprint density at radius 1 is 1.26 bits per heavy atom. The maximum absolute atomic E-state index is 4.66. The van der Waals surface area contributed by atoms with Crippen LogP contribution in [-0.2, 0) is 13.1 Å². The van der Waals surface area contributed by atoms with Gasteiger partial charge in [0.05, 0.1) is 18.8 Å². The number of aryl methyl sites for hydroxylation is 1. The van der Waals surface area contributed by atoms with Crippen LogP contribution >= 0.6 is 11.3 Å². The molecule has 0 saturated carbocycles. The van der Waals surface area contributed by atoms with Gasteiger partial charge in [-0.15, -0.1) is 11.3 Å². The van der Waals surface area contributed by atoms with Gasteiger partial charge >= 0.3 is 0 Å². The molecule has 0 bridgehead atoms. The lowest BCUT2D eigenvalue weighted by molar-refractivity contribution is 0.802. The maximum atomic E-state index is 4.66. The van der Waals surface area contributed by atoms with Gasteiger partial charge in [0.25, 0.3) is 0 Å². The highest BCUT2D eigenvalue weighted by molar-refractivity contribution is 7.13. The van der Waals surface area contributed by atoms with Crippen molar-refractivity contribution in [3.05, 3.63) is 46.5 Å². The van der Waals surface area contributed by atoms with Crippen molar-refractivity contribution >= 4 is 22.4 Å². The summed E-state index contributed by atoms with van der Waals surface area (Å²) >= 11 is 1.65. The first-order valence-electron chi connectivity index (χ1n) is 7.78. The lowest BCUT2D eigenvalue weighted by atomic mass is 10.1. The van der Waals surface area contributed by atoms with Crippen molar-refractivity contribution in [1.29, 1.82) is 0 Å². The maximum Gasteiger partial charge on any atom is 0.191 e. The summed E-state index contributed by atoms with van der Waals surface area (Å²) in [4.78, 5) is 11.3. The summed E-state index contributed by atoms with van der Waals surface area (Å²) in [5.74, 6) is 0.815. The summed E-state index contributed by atoms with van der Waals surface area (Å²) in [7, 11) is 4.01. The van der Waals surface area contributed by atoms with Crippen molar-refractivity contribution in [1.82, 2.24) is 15.6 Å². The molecule has 0 atom stereocenters. The molecule has 6 heteroatoms. The third kappa shape index (κ3) is 5.25. The normalized spacial score (nSPS) is 11.4. The number of rotatable bonds is 6. The molecule has 0 amide bonds. The molecule has 1 aromatic carbocycles. The number of hydrogen-bond donors (Lipinski definition) is 2. The molecule has 2 N–H and O–H groups in total. The quantitative estimate of drug-likeness (QED) is 0.631. The van der Waals surface area contributed by atoms with Crippen molar-refractivity contribution in [2.45, 2.75) is 26.9 Å². The van der Waals surface area contributed by atoms with Crippen LogP contribution in [0.15, 0.2) is 34.6 Å². The van der Waals surface area contributed by atoms with E-state index in [4.69, 9.17) is 0 Å². The summed E-state index contributed by atoms with van der Waals surface area (Å²) in [6, 6.07) is 8.34. The molecule has 0 radical (unpaired) electrons. The van der Waals surface area contributed by atoms with Gasteiger partial charge in [-0.25, -0.2) is 9.98 Å². The summed E-state index contributed by atoms with van der Waals surface area (Å²) in [6.07, 6.45) is 0. The topological polar surface area (TPSA) is 52.6 Å².